The van der Waals surface area contributed by atoms with Crippen LogP contribution in [0.25, 0.3) is 0 Å². The third kappa shape index (κ3) is 4.64. The van der Waals surface area contributed by atoms with Crippen LogP contribution in [-0.2, 0) is 9.59 Å². The molecule has 16 heavy (non-hydrogen) atoms. The molecule has 0 aromatic carbocycles. The average Bonchev–Trinajstić information content (AvgIpc) is 2.81. The molecular weight excluding hydrogens is 206 g/mol. The molecule has 0 spiro atoms. The van der Waals surface area contributed by atoms with Gasteiger partial charge in [0, 0.05) is 18.9 Å². The zero-order valence-electron chi connectivity index (χ0n) is 10.0. The molecule has 0 saturated heterocycles. The van der Waals surface area contributed by atoms with Crippen LogP contribution < -0.4 is 5.32 Å². The lowest BCUT2D eigenvalue weighted by Gasteiger charge is -2.09. The second-order valence-corrected chi connectivity index (χ2v) is 4.87. The topological polar surface area (TPSA) is 66.4 Å². The highest BCUT2D eigenvalue weighted by Crippen LogP contribution is 2.34. The van der Waals surface area contributed by atoms with E-state index >= 15 is 0 Å². The Balaban J connectivity index is 2.14. The number of carbonyl (C=O) groups excluding carboxylic acids is 1. The molecule has 0 bridgehead atoms. The minimum atomic E-state index is -0.837. The van der Waals surface area contributed by atoms with Crippen LogP contribution in [0.4, 0.5) is 0 Å². The first-order valence-corrected chi connectivity index (χ1v) is 6.04. The Morgan fingerprint density at radius 1 is 1.44 bits per heavy atom. The molecule has 3 unspecified atom stereocenters. The number of aliphatic carboxylic acids is 1. The van der Waals surface area contributed by atoms with Gasteiger partial charge < -0.3 is 10.4 Å². The number of hydrogen-bond acceptors (Lipinski definition) is 2. The lowest BCUT2D eigenvalue weighted by atomic mass is 10.0. The van der Waals surface area contributed by atoms with Gasteiger partial charge in [0.1, 0.15) is 0 Å². The molecule has 0 heterocycles. The molecule has 3 atom stereocenters. The Kier molecular flexibility index (Phi) is 4.77. The fourth-order valence-corrected chi connectivity index (χ4v) is 2.07. The number of rotatable bonds is 7. The summed E-state index contributed by atoms with van der Waals surface area (Å²) < 4.78 is 0. The van der Waals surface area contributed by atoms with Gasteiger partial charge in [-0.1, -0.05) is 20.3 Å². The summed E-state index contributed by atoms with van der Waals surface area (Å²) in [7, 11) is 0. The smallest absolute Gasteiger partial charge is 0.303 e. The highest BCUT2D eigenvalue weighted by molar-refractivity contribution is 5.77. The minimum Gasteiger partial charge on any atom is -0.481 e. The van der Waals surface area contributed by atoms with E-state index in [1.165, 1.54) is 6.42 Å². The van der Waals surface area contributed by atoms with Crippen LogP contribution in [-0.4, -0.2) is 23.0 Å². The quantitative estimate of drug-likeness (QED) is 0.697. The maximum Gasteiger partial charge on any atom is 0.303 e. The number of amides is 1. The molecule has 4 heteroatoms. The van der Waals surface area contributed by atoms with E-state index < -0.39 is 5.97 Å². The maximum atomic E-state index is 11.5. The van der Waals surface area contributed by atoms with E-state index in [0.29, 0.717) is 18.4 Å². The van der Waals surface area contributed by atoms with Gasteiger partial charge in [0.15, 0.2) is 0 Å². The monoisotopic (exact) mass is 227 g/mol. The summed E-state index contributed by atoms with van der Waals surface area (Å²) in [5.41, 5.74) is 0. The van der Waals surface area contributed by atoms with Crippen molar-refractivity contribution >= 4 is 11.9 Å². The Hall–Kier alpha value is -1.06. The van der Waals surface area contributed by atoms with Gasteiger partial charge in [-0.25, -0.2) is 0 Å². The molecule has 0 aromatic rings. The van der Waals surface area contributed by atoms with Crippen molar-refractivity contribution in [3.8, 4) is 0 Å². The predicted molar refractivity (Wildman–Crippen MR) is 61.0 cm³/mol. The van der Waals surface area contributed by atoms with E-state index in [1.54, 1.807) is 6.92 Å². The first kappa shape index (κ1) is 13.0. The van der Waals surface area contributed by atoms with Gasteiger partial charge in [0.2, 0.25) is 5.91 Å². The largest absolute Gasteiger partial charge is 0.481 e. The van der Waals surface area contributed by atoms with Crippen LogP contribution in [0, 0.1) is 11.8 Å². The molecule has 1 saturated carbocycles. The lowest BCUT2D eigenvalue weighted by molar-refractivity contribution is -0.138. The SMILES string of the molecule is CCCC1CC1NC(=O)CC(C)CC(=O)O. The van der Waals surface area contributed by atoms with Crippen molar-refractivity contribution in [2.45, 2.75) is 52.0 Å². The molecule has 2 N–H and O–H groups in total. The van der Waals surface area contributed by atoms with Crippen molar-refractivity contribution in [3.05, 3.63) is 0 Å². The van der Waals surface area contributed by atoms with E-state index in [0.717, 1.165) is 12.8 Å². The highest BCUT2D eigenvalue weighted by atomic mass is 16.4. The minimum absolute atomic E-state index is 0.00245. The number of carboxylic acid groups (broad SMARTS) is 1. The van der Waals surface area contributed by atoms with Gasteiger partial charge in [-0.2, -0.15) is 0 Å². The third-order valence-electron chi connectivity index (χ3n) is 2.99. The molecule has 1 aliphatic carbocycles. The number of hydrogen-bond donors (Lipinski definition) is 2. The van der Waals surface area contributed by atoms with E-state index in [2.05, 4.69) is 12.2 Å². The van der Waals surface area contributed by atoms with Crippen LogP contribution in [0.3, 0.4) is 0 Å². The fraction of sp³-hybridized carbons (Fsp3) is 0.833. The molecule has 1 fully saturated rings. The molecule has 92 valence electrons. The van der Waals surface area contributed by atoms with Crippen molar-refractivity contribution in [3.63, 3.8) is 0 Å². The van der Waals surface area contributed by atoms with Crippen LogP contribution in [0.1, 0.15) is 46.0 Å². The van der Waals surface area contributed by atoms with Gasteiger partial charge in [-0.15, -0.1) is 0 Å². The van der Waals surface area contributed by atoms with Gasteiger partial charge in [-0.3, -0.25) is 9.59 Å². The summed E-state index contributed by atoms with van der Waals surface area (Å²) in [5.74, 6) is -0.266. The van der Waals surface area contributed by atoms with Crippen molar-refractivity contribution in [1.82, 2.24) is 5.32 Å². The van der Waals surface area contributed by atoms with E-state index in [9.17, 15) is 9.59 Å². The number of carbonyl (C=O) groups is 2. The molecule has 4 nitrogen and oxygen atoms in total. The molecule has 1 rings (SSSR count). The molecule has 1 amide bonds. The van der Waals surface area contributed by atoms with Gasteiger partial charge >= 0.3 is 5.97 Å². The molecular formula is C12H21NO3. The average molecular weight is 227 g/mol. The summed E-state index contributed by atoms with van der Waals surface area (Å²) in [6, 6.07) is 0.351. The summed E-state index contributed by atoms with van der Waals surface area (Å²) in [6.07, 6.45) is 3.81. The summed E-state index contributed by atoms with van der Waals surface area (Å²) in [5, 5.41) is 11.5. The zero-order chi connectivity index (χ0) is 12.1. The van der Waals surface area contributed by atoms with Gasteiger partial charge in [0.25, 0.3) is 0 Å². The van der Waals surface area contributed by atoms with Gasteiger partial charge in [-0.05, 0) is 24.7 Å². The maximum absolute atomic E-state index is 11.5. The van der Waals surface area contributed by atoms with Crippen LogP contribution in [0.15, 0.2) is 0 Å². The van der Waals surface area contributed by atoms with E-state index in [4.69, 9.17) is 5.11 Å². The second kappa shape index (κ2) is 5.87. The number of nitrogens with one attached hydrogen (secondary N) is 1. The second-order valence-electron chi connectivity index (χ2n) is 4.87. The summed E-state index contributed by atoms with van der Waals surface area (Å²) >= 11 is 0. The van der Waals surface area contributed by atoms with Crippen molar-refractivity contribution in [2.24, 2.45) is 11.8 Å². The van der Waals surface area contributed by atoms with Gasteiger partial charge in [0.05, 0.1) is 0 Å². The fourth-order valence-electron chi connectivity index (χ4n) is 2.07. The van der Waals surface area contributed by atoms with E-state index in [1.807, 2.05) is 0 Å². The van der Waals surface area contributed by atoms with Crippen LogP contribution in [0.5, 0.6) is 0 Å². The van der Waals surface area contributed by atoms with E-state index in [-0.39, 0.29) is 18.2 Å². The molecule has 0 aromatic heterocycles. The predicted octanol–water partition coefficient (Wildman–Crippen LogP) is 1.79. The van der Waals surface area contributed by atoms with Crippen LogP contribution in [0.2, 0.25) is 0 Å². The molecule has 0 aliphatic heterocycles. The standard InChI is InChI=1S/C12H21NO3/c1-3-4-9-7-10(9)13-11(14)5-8(2)6-12(15)16/h8-10H,3-7H2,1-2H3,(H,13,14)(H,15,16). The van der Waals surface area contributed by atoms with Crippen molar-refractivity contribution in [2.75, 3.05) is 0 Å². The molecule has 1 aliphatic rings. The Labute approximate surface area is 96.4 Å². The Morgan fingerprint density at radius 2 is 2.12 bits per heavy atom. The zero-order valence-corrected chi connectivity index (χ0v) is 10.0. The Morgan fingerprint density at radius 3 is 2.69 bits per heavy atom. The first-order valence-electron chi connectivity index (χ1n) is 6.04. The Bertz CT molecular complexity index is 265. The first-order chi connectivity index (χ1) is 7.52. The van der Waals surface area contributed by atoms with Crippen molar-refractivity contribution in [1.29, 1.82) is 0 Å². The lowest BCUT2D eigenvalue weighted by Crippen LogP contribution is -2.28. The summed E-state index contributed by atoms with van der Waals surface area (Å²) in [4.78, 5) is 22.0. The number of carboxylic acids is 1. The highest BCUT2D eigenvalue weighted by Gasteiger charge is 2.37. The molecule has 0 radical (unpaired) electrons. The normalized spacial score (nSPS) is 24.9. The summed E-state index contributed by atoms with van der Waals surface area (Å²) in [6.45, 7) is 3.94. The third-order valence-corrected chi connectivity index (χ3v) is 2.99. The van der Waals surface area contributed by atoms with Crippen molar-refractivity contribution < 1.29 is 14.7 Å². The van der Waals surface area contributed by atoms with Crippen LogP contribution >= 0.6 is 0 Å².